The van der Waals surface area contributed by atoms with E-state index in [9.17, 15) is 18.0 Å². The normalized spacial score (nSPS) is 11.1. The number of hydrogen-bond acceptors (Lipinski definition) is 6. The number of thiophene rings is 1. The van der Waals surface area contributed by atoms with Gasteiger partial charge in [0.05, 0.1) is 18.4 Å². The molecular weight excluding hydrogens is 350 g/mol. The molecule has 6 nitrogen and oxygen atoms in total. The highest BCUT2D eigenvalue weighted by Gasteiger charge is 2.14. The summed E-state index contributed by atoms with van der Waals surface area (Å²) in [5, 5.41) is 3.71. The molecule has 0 saturated heterocycles. The molecule has 2 aromatic rings. The van der Waals surface area contributed by atoms with Crippen molar-refractivity contribution >= 4 is 38.8 Å². The van der Waals surface area contributed by atoms with Crippen molar-refractivity contribution in [1.29, 1.82) is 0 Å². The average molecular weight is 367 g/mol. The fourth-order valence-corrected chi connectivity index (χ4v) is 3.06. The second-order valence-electron chi connectivity index (χ2n) is 5.17. The number of hydrogen-bond donors (Lipinski definition) is 0. The Kier molecular flexibility index (Phi) is 5.74. The van der Waals surface area contributed by atoms with Gasteiger partial charge in [0, 0.05) is 12.6 Å². The van der Waals surface area contributed by atoms with Crippen molar-refractivity contribution in [3.8, 4) is 0 Å². The molecule has 0 unspecified atom stereocenters. The zero-order valence-corrected chi connectivity index (χ0v) is 14.9. The highest BCUT2D eigenvalue weighted by atomic mass is 32.2. The lowest BCUT2D eigenvalue weighted by Crippen LogP contribution is -2.24. The molecule has 0 bridgehead atoms. The number of carbonyl (C=O) groups is 2. The van der Waals surface area contributed by atoms with E-state index in [0.29, 0.717) is 11.3 Å². The number of esters is 1. The first kappa shape index (κ1) is 18.2. The Morgan fingerprint density at radius 1 is 1.17 bits per heavy atom. The predicted molar refractivity (Wildman–Crippen MR) is 93.0 cm³/mol. The lowest BCUT2D eigenvalue weighted by atomic mass is 10.1. The molecule has 1 aromatic carbocycles. The third-order valence-electron chi connectivity index (χ3n) is 3.34. The third-order valence-corrected chi connectivity index (χ3v) is 5.28. The van der Waals surface area contributed by atoms with Gasteiger partial charge in [-0.1, -0.05) is 0 Å². The van der Waals surface area contributed by atoms with Gasteiger partial charge >= 0.3 is 5.97 Å². The Morgan fingerprint density at radius 2 is 1.83 bits per heavy atom. The maximum Gasteiger partial charge on any atom is 0.310 e. The summed E-state index contributed by atoms with van der Waals surface area (Å²) in [7, 11) is -1.93. The predicted octanol–water partition coefficient (Wildman–Crippen LogP) is 2.11. The SMILES string of the molecule is CN(c1ccc(C(=O)COC(=O)Cc2ccsc2)cc1)S(C)(=O)=O. The molecule has 0 fully saturated rings. The third kappa shape index (κ3) is 4.90. The Labute approximate surface area is 144 Å². The van der Waals surface area contributed by atoms with Gasteiger partial charge in [0.15, 0.2) is 12.4 Å². The van der Waals surface area contributed by atoms with Crippen LogP contribution < -0.4 is 4.31 Å². The Hall–Kier alpha value is -2.19. The van der Waals surface area contributed by atoms with E-state index in [1.807, 2.05) is 16.8 Å². The quantitative estimate of drug-likeness (QED) is 0.553. The average Bonchev–Trinajstić information content (AvgIpc) is 3.04. The molecule has 0 N–H and O–H groups in total. The molecule has 0 aliphatic carbocycles. The molecule has 8 heteroatoms. The van der Waals surface area contributed by atoms with Gasteiger partial charge in [-0.15, -0.1) is 0 Å². The Bertz CT molecular complexity index is 811. The maximum absolute atomic E-state index is 12.0. The zero-order chi connectivity index (χ0) is 17.7. The lowest BCUT2D eigenvalue weighted by molar-refractivity contribution is -0.141. The van der Waals surface area contributed by atoms with Gasteiger partial charge in [-0.3, -0.25) is 13.9 Å². The maximum atomic E-state index is 12.0. The second-order valence-corrected chi connectivity index (χ2v) is 7.96. The van der Waals surface area contributed by atoms with Gasteiger partial charge in [-0.2, -0.15) is 11.3 Å². The van der Waals surface area contributed by atoms with Crippen LogP contribution in [-0.4, -0.2) is 40.1 Å². The van der Waals surface area contributed by atoms with Crippen LogP contribution in [0, 0.1) is 0 Å². The number of nitrogens with zero attached hydrogens (tertiary/aromatic N) is 1. The van der Waals surface area contributed by atoms with Gasteiger partial charge in [0.1, 0.15) is 0 Å². The number of sulfonamides is 1. The van der Waals surface area contributed by atoms with Crippen LogP contribution in [-0.2, 0) is 26.0 Å². The highest BCUT2D eigenvalue weighted by molar-refractivity contribution is 7.92. The number of anilines is 1. The van der Waals surface area contributed by atoms with Gasteiger partial charge < -0.3 is 4.74 Å². The van der Waals surface area contributed by atoms with E-state index >= 15 is 0 Å². The first-order valence-electron chi connectivity index (χ1n) is 7.01. The highest BCUT2D eigenvalue weighted by Crippen LogP contribution is 2.16. The van der Waals surface area contributed by atoms with Crippen LogP contribution in [0.1, 0.15) is 15.9 Å². The molecule has 1 aromatic heterocycles. The van der Waals surface area contributed by atoms with Crippen LogP contribution in [0.2, 0.25) is 0 Å². The number of ether oxygens (including phenoxy) is 1. The van der Waals surface area contributed by atoms with E-state index < -0.39 is 16.0 Å². The summed E-state index contributed by atoms with van der Waals surface area (Å²) in [6.45, 7) is -0.343. The number of carbonyl (C=O) groups excluding carboxylic acids is 2. The number of ketones is 1. The van der Waals surface area contributed by atoms with E-state index in [4.69, 9.17) is 4.74 Å². The summed E-state index contributed by atoms with van der Waals surface area (Å²) in [6.07, 6.45) is 1.23. The summed E-state index contributed by atoms with van der Waals surface area (Å²) >= 11 is 1.49. The molecule has 0 aliphatic rings. The molecule has 0 aliphatic heterocycles. The molecule has 0 amide bonds. The van der Waals surface area contributed by atoms with E-state index in [0.717, 1.165) is 16.1 Å². The van der Waals surface area contributed by atoms with Gasteiger partial charge in [-0.05, 0) is 46.7 Å². The molecule has 0 atom stereocenters. The fraction of sp³-hybridized carbons (Fsp3) is 0.250. The summed E-state index contributed by atoms with van der Waals surface area (Å²) < 4.78 is 29.0. The van der Waals surface area contributed by atoms with Gasteiger partial charge in [0.2, 0.25) is 10.0 Å². The minimum Gasteiger partial charge on any atom is -0.457 e. The van der Waals surface area contributed by atoms with Crippen molar-refractivity contribution in [2.24, 2.45) is 0 Å². The van der Waals surface area contributed by atoms with Crippen molar-refractivity contribution in [2.45, 2.75) is 6.42 Å². The summed E-state index contributed by atoms with van der Waals surface area (Å²) in [6, 6.07) is 7.89. The smallest absolute Gasteiger partial charge is 0.310 e. The first-order valence-corrected chi connectivity index (χ1v) is 9.80. The van der Waals surface area contributed by atoms with Crippen LogP contribution in [0.5, 0.6) is 0 Å². The van der Waals surface area contributed by atoms with E-state index in [-0.39, 0.29) is 18.8 Å². The van der Waals surface area contributed by atoms with E-state index in [2.05, 4.69) is 0 Å². The van der Waals surface area contributed by atoms with Crippen molar-refractivity contribution in [3.05, 3.63) is 52.2 Å². The largest absolute Gasteiger partial charge is 0.457 e. The van der Waals surface area contributed by atoms with Crippen LogP contribution in [0.4, 0.5) is 5.69 Å². The minimum atomic E-state index is -3.36. The van der Waals surface area contributed by atoms with Crippen molar-refractivity contribution in [3.63, 3.8) is 0 Å². The number of rotatable bonds is 7. The molecule has 128 valence electrons. The number of benzene rings is 1. The molecule has 0 spiro atoms. The molecule has 24 heavy (non-hydrogen) atoms. The zero-order valence-electron chi connectivity index (χ0n) is 13.3. The molecule has 0 saturated carbocycles. The van der Waals surface area contributed by atoms with Crippen LogP contribution in [0.15, 0.2) is 41.1 Å². The first-order chi connectivity index (χ1) is 11.3. The van der Waals surface area contributed by atoms with Crippen molar-refractivity contribution in [2.75, 3.05) is 24.2 Å². The summed E-state index contributed by atoms with van der Waals surface area (Å²) in [5.74, 6) is -0.808. The second kappa shape index (κ2) is 7.59. The topological polar surface area (TPSA) is 80.8 Å². The molecular formula is C16H17NO5S2. The van der Waals surface area contributed by atoms with Crippen molar-refractivity contribution in [1.82, 2.24) is 0 Å². The molecule has 0 radical (unpaired) electrons. The van der Waals surface area contributed by atoms with E-state index in [1.54, 1.807) is 0 Å². The monoisotopic (exact) mass is 367 g/mol. The van der Waals surface area contributed by atoms with Gasteiger partial charge in [0.25, 0.3) is 0 Å². The van der Waals surface area contributed by atoms with Crippen LogP contribution in [0.3, 0.4) is 0 Å². The number of Topliss-reactive ketones (excluding diaryl/α,β-unsaturated/α-hetero) is 1. The van der Waals surface area contributed by atoms with Crippen LogP contribution >= 0.6 is 11.3 Å². The van der Waals surface area contributed by atoms with Crippen molar-refractivity contribution < 1.29 is 22.7 Å². The standard InChI is InChI=1S/C16H17NO5S2/c1-17(24(2,20)21)14-5-3-13(4-6-14)15(18)10-22-16(19)9-12-7-8-23-11-12/h3-8,11H,9-10H2,1-2H3. The van der Waals surface area contributed by atoms with E-state index in [1.165, 1.54) is 42.6 Å². The van der Waals surface area contributed by atoms with Gasteiger partial charge in [-0.25, -0.2) is 8.42 Å². The summed E-state index contributed by atoms with van der Waals surface area (Å²) in [4.78, 5) is 23.7. The molecule has 2 rings (SSSR count). The fourth-order valence-electron chi connectivity index (χ4n) is 1.89. The lowest BCUT2D eigenvalue weighted by Gasteiger charge is -2.16. The Balaban J connectivity index is 1.92. The Morgan fingerprint density at radius 3 is 2.38 bits per heavy atom. The van der Waals surface area contributed by atoms with Crippen LogP contribution in [0.25, 0.3) is 0 Å². The minimum absolute atomic E-state index is 0.134. The summed E-state index contributed by atoms with van der Waals surface area (Å²) in [5.41, 5.74) is 1.65. The molecule has 1 heterocycles.